The molecule has 1 aromatic carbocycles. The first-order chi connectivity index (χ1) is 13.7. The molecule has 0 atom stereocenters. The molecule has 1 aliphatic rings. The molecule has 2 heterocycles. The van der Waals surface area contributed by atoms with Gasteiger partial charge < -0.3 is 15.0 Å². The van der Waals surface area contributed by atoms with Gasteiger partial charge in [-0.3, -0.25) is 4.79 Å². The Hall–Kier alpha value is -2.63. The van der Waals surface area contributed by atoms with E-state index >= 15 is 0 Å². The molecular formula is C22H30N4O2. The normalized spacial score (nSPS) is 14.7. The van der Waals surface area contributed by atoms with Crippen LogP contribution in [-0.4, -0.2) is 35.6 Å². The summed E-state index contributed by atoms with van der Waals surface area (Å²) in [5, 5.41) is 2.85. The molecule has 0 saturated carbocycles. The minimum atomic E-state index is -0.180. The lowest BCUT2D eigenvalue weighted by molar-refractivity contribution is 0.102. The van der Waals surface area contributed by atoms with Crippen molar-refractivity contribution in [3.05, 3.63) is 42.2 Å². The third kappa shape index (κ3) is 5.68. The van der Waals surface area contributed by atoms with E-state index in [0.29, 0.717) is 17.9 Å². The molecule has 150 valence electrons. The summed E-state index contributed by atoms with van der Waals surface area (Å²) in [6.07, 6.45) is 9.06. The molecule has 6 heteroatoms. The zero-order valence-electron chi connectivity index (χ0n) is 16.9. The minimum Gasteiger partial charge on any atom is -0.494 e. The number of nitrogens with one attached hydrogen (secondary N) is 1. The van der Waals surface area contributed by atoms with Gasteiger partial charge in [0.15, 0.2) is 0 Å². The first-order valence-electron chi connectivity index (χ1n) is 10.3. The van der Waals surface area contributed by atoms with Crippen molar-refractivity contribution in [3.63, 3.8) is 0 Å². The fraction of sp³-hybridized carbons (Fsp3) is 0.500. The van der Waals surface area contributed by atoms with Gasteiger partial charge in [-0.25, -0.2) is 9.97 Å². The molecule has 1 amide bonds. The van der Waals surface area contributed by atoms with Gasteiger partial charge in [-0.05, 0) is 49.4 Å². The number of benzene rings is 1. The first-order valence-corrected chi connectivity index (χ1v) is 10.3. The van der Waals surface area contributed by atoms with Gasteiger partial charge in [0.05, 0.1) is 24.7 Å². The number of hydrogen-bond acceptors (Lipinski definition) is 5. The lowest BCUT2D eigenvalue weighted by Gasteiger charge is -2.30. The van der Waals surface area contributed by atoms with E-state index in [4.69, 9.17) is 4.74 Å². The molecule has 0 unspecified atom stereocenters. The second-order valence-electron chi connectivity index (χ2n) is 7.48. The van der Waals surface area contributed by atoms with Gasteiger partial charge in [0.1, 0.15) is 5.75 Å². The van der Waals surface area contributed by atoms with Gasteiger partial charge in [-0.15, -0.1) is 0 Å². The Morgan fingerprint density at radius 3 is 2.46 bits per heavy atom. The number of amides is 1. The molecule has 0 spiro atoms. The van der Waals surface area contributed by atoms with Crippen LogP contribution in [0.4, 0.5) is 11.6 Å². The zero-order chi connectivity index (χ0) is 19.8. The molecule has 1 aliphatic heterocycles. The number of rotatable bonds is 8. The van der Waals surface area contributed by atoms with Gasteiger partial charge >= 0.3 is 0 Å². The topological polar surface area (TPSA) is 67.3 Å². The number of carbonyl (C=O) groups is 1. The molecular weight excluding hydrogens is 352 g/mol. The fourth-order valence-electron chi connectivity index (χ4n) is 3.21. The van der Waals surface area contributed by atoms with E-state index < -0.39 is 0 Å². The highest BCUT2D eigenvalue weighted by Gasteiger charge is 2.18. The predicted octanol–water partition coefficient (Wildman–Crippen LogP) is 4.53. The van der Waals surface area contributed by atoms with Crippen LogP contribution in [0.3, 0.4) is 0 Å². The number of anilines is 2. The minimum absolute atomic E-state index is 0.180. The van der Waals surface area contributed by atoms with Crippen LogP contribution in [0.25, 0.3) is 0 Å². The standard InChI is InChI=1S/C22H30N4O2/c1-3-4-5-14-28-20-8-6-18(7-9-20)21(27)25-19-15-23-22(24-16-19)26-12-10-17(2)11-13-26/h6-9,15-17H,3-5,10-14H2,1-2H3,(H,25,27). The van der Waals surface area contributed by atoms with Gasteiger partial charge in [0.25, 0.3) is 5.91 Å². The van der Waals surface area contributed by atoms with Crippen LogP contribution in [0.15, 0.2) is 36.7 Å². The third-order valence-electron chi connectivity index (χ3n) is 5.10. The van der Waals surface area contributed by atoms with Crippen molar-refractivity contribution in [1.29, 1.82) is 0 Å². The van der Waals surface area contributed by atoms with Crippen molar-refractivity contribution in [3.8, 4) is 5.75 Å². The highest BCUT2D eigenvalue weighted by atomic mass is 16.5. The molecule has 2 aromatic rings. The summed E-state index contributed by atoms with van der Waals surface area (Å²) >= 11 is 0. The van der Waals surface area contributed by atoms with Crippen molar-refractivity contribution >= 4 is 17.5 Å². The average Bonchev–Trinajstić information content (AvgIpc) is 2.73. The molecule has 1 N–H and O–H groups in total. The lowest BCUT2D eigenvalue weighted by Crippen LogP contribution is -2.34. The first kappa shape index (κ1) is 20.1. The number of hydrogen-bond donors (Lipinski definition) is 1. The van der Waals surface area contributed by atoms with Gasteiger partial charge in [-0.2, -0.15) is 0 Å². The number of carbonyl (C=O) groups excluding carboxylic acids is 1. The smallest absolute Gasteiger partial charge is 0.255 e. The Balaban J connectivity index is 1.51. The van der Waals surface area contributed by atoms with E-state index in [1.807, 2.05) is 12.1 Å². The quantitative estimate of drug-likeness (QED) is 0.679. The highest BCUT2D eigenvalue weighted by molar-refractivity contribution is 6.04. The highest BCUT2D eigenvalue weighted by Crippen LogP contribution is 2.20. The molecule has 28 heavy (non-hydrogen) atoms. The van der Waals surface area contributed by atoms with Gasteiger partial charge in [0.2, 0.25) is 5.95 Å². The molecule has 1 fully saturated rings. The largest absolute Gasteiger partial charge is 0.494 e. The van der Waals surface area contributed by atoms with Gasteiger partial charge in [0, 0.05) is 18.7 Å². The van der Waals surface area contributed by atoms with Crippen molar-refractivity contribution in [1.82, 2.24) is 9.97 Å². The summed E-state index contributed by atoms with van der Waals surface area (Å²) in [7, 11) is 0. The summed E-state index contributed by atoms with van der Waals surface area (Å²) < 4.78 is 5.68. The van der Waals surface area contributed by atoms with Crippen LogP contribution < -0.4 is 15.0 Å². The lowest BCUT2D eigenvalue weighted by atomic mass is 10.00. The third-order valence-corrected chi connectivity index (χ3v) is 5.10. The van der Waals surface area contributed by atoms with Crippen molar-refractivity contribution in [2.75, 3.05) is 29.9 Å². The van der Waals surface area contributed by atoms with Gasteiger partial charge in [-0.1, -0.05) is 26.7 Å². The van der Waals surface area contributed by atoms with E-state index in [1.54, 1.807) is 24.5 Å². The number of nitrogens with zero attached hydrogens (tertiary/aromatic N) is 3. The molecule has 1 saturated heterocycles. The Morgan fingerprint density at radius 1 is 1.14 bits per heavy atom. The second kappa shape index (κ2) is 10.1. The monoisotopic (exact) mass is 382 g/mol. The number of ether oxygens (including phenoxy) is 1. The molecule has 0 aliphatic carbocycles. The maximum atomic E-state index is 12.4. The van der Waals surface area contributed by atoms with E-state index in [2.05, 4.69) is 34.0 Å². The van der Waals surface area contributed by atoms with Crippen LogP contribution in [-0.2, 0) is 0 Å². The Morgan fingerprint density at radius 2 is 1.82 bits per heavy atom. The van der Waals surface area contributed by atoms with Crippen molar-refractivity contribution in [2.24, 2.45) is 5.92 Å². The van der Waals surface area contributed by atoms with Crippen LogP contribution in [0, 0.1) is 5.92 Å². The number of piperidine rings is 1. The molecule has 1 aromatic heterocycles. The summed E-state index contributed by atoms with van der Waals surface area (Å²) in [4.78, 5) is 23.5. The molecule has 0 radical (unpaired) electrons. The average molecular weight is 383 g/mol. The fourth-order valence-corrected chi connectivity index (χ4v) is 3.21. The Bertz CT molecular complexity index is 738. The predicted molar refractivity (Wildman–Crippen MR) is 112 cm³/mol. The molecule has 3 rings (SSSR count). The van der Waals surface area contributed by atoms with Crippen LogP contribution in [0.5, 0.6) is 5.75 Å². The zero-order valence-corrected chi connectivity index (χ0v) is 16.9. The number of aromatic nitrogens is 2. The van der Waals surface area contributed by atoms with Crippen molar-refractivity contribution in [2.45, 2.75) is 46.0 Å². The second-order valence-corrected chi connectivity index (χ2v) is 7.48. The summed E-state index contributed by atoms with van der Waals surface area (Å²) in [5.74, 6) is 2.11. The summed E-state index contributed by atoms with van der Waals surface area (Å²) in [6, 6.07) is 7.21. The summed E-state index contributed by atoms with van der Waals surface area (Å²) in [6.45, 7) is 7.13. The Labute approximate surface area is 167 Å². The van der Waals surface area contributed by atoms with E-state index in [-0.39, 0.29) is 5.91 Å². The summed E-state index contributed by atoms with van der Waals surface area (Å²) in [5.41, 5.74) is 1.18. The molecule has 6 nitrogen and oxygen atoms in total. The van der Waals surface area contributed by atoms with E-state index in [0.717, 1.165) is 43.5 Å². The maximum Gasteiger partial charge on any atom is 0.255 e. The van der Waals surface area contributed by atoms with E-state index in [1.165, 1.54) is 19.3 Å². The maximum absolute atomic E-state index is 12.4. The Kier molecular flexibility index (Phi) is 7.23. The van der Waals surface area contributed by atoms with Crippen LogP contribution >= 0.6 is 0 Å². The van der Waals surface area contributed by atoms with E-state index in [9.17, 15) is 4.79 Å². The molecule has 0 bridgehead atoms. The SMILES string of the molecule is CCCCCOc1ccc(C(=O)Nc2cnc(N3CCC(C)CC3)nc2)cc1. The van der Waals surface area contributed by atoms with Crippen LogP contribution in [0.2, 0.25) is 0 Å². The van der Waals surface area contributed by atoms with Crippen molar-refractivity contribution < 1.29 is 9.53 Å². The number of unbranched alkanes of at least 4 members (excludes halogenated alkanes) is 2. The van der Waals surface area contributed by atoms with Crippen LogP contribution in [0.1, 0.15) is 56.3 Å².